The van der Waals surface area contributed by atoms with Gasteiger partial charge in [-0.1, -0.05) is 11.6 Å². The van der Waals surface area contributed by atoms with Crippen LogP contribution in [0.4, 0.5) is 5.69 Å². The lowest BCUT2D eigenvalue weighted by atomic mass is 10.1. The summed E-state index contributed by atoms with van der Waals surface area (Å²) in [7, 11) is 0. The van der Waals surface area contributed by atoms with Crippen molar-refractivity contribution in [1.82, 2.24) is 5.32 Å². The Bertz CT molecular complexity index is 442. The summed E-state index contributed by atoms with van der Waals surface area (Å²) in [5, 5.41) is 4.47. The van der Waals surface area contributed by atoms with Gasteiger partial charge < -0.3 is 10.2 Å². The molecule has 1 atom stereocenters. The van der Waals surface area contributed by atoms with Gasteiger partial charge in [0.05, 0.1) is 10.7 Å². The Kier molecular flexibility index (Phi) is 5.01. The molecule has 2 nitrogen and oxygen atoms in total. The summed E-state index contributed by atoms with van der Waals surface area (Å²) >= 11 is 8.64. The van der Waals surface area contributed by atoms with Gasteiger partial charge >= 0.3 is 0 Å². The molecule has 1 aromatic rings. The molecule has 1 heterocycles. The van der Waals surface area contributed by atoms with Crippen LogP contribution in [0.25, 0.3) is 0 Å². The summed E-state index contributed by atoms with van der Waals surface area (Å²) in [5.74, 6) is 0.717. The third-order valence-corrected chi connectivity index (χ3v) is 4.43. The van der Waals surface area contributed by atoms with Crippen molar-refractivity contribution >= 4 is 39.9 Å². The summed E-state index contributed by atoms with van der Waals surface area (Å²) in [6.07, 6.45) is 1.24. The molecule has 1 unspecified atom stereocenters. The molecule has 1 aromatic carbocycles. The van der Waals surface area contributed by atoms with Crippen molar-refractivity contribution in [2.45, 2.75) is 32.7 Å². The maximum absolute atomic E-state index is 6.34. The molecular weight excluding hydrogens is 371 g/mol. The number of anilines is 1. The van der Waals surface area contributed by atoms with Gasteiger partial charge in [0.15, 0.2) is 0 Å². The number of hydrogen-bond donors (Lipinski definition) is 1. The van der Waals surface area contributed by atoms with Gasteiger partial charge in [0.25, 0.3) is 0 Å². The Morgan fingerprint density at radius 2 is 2.16 bits per heavy atom. The normalized spacial score (nSPS) is 20.1. The first-order chi connectivity index (χ1) is 8.85. The van der Waals surface area contributed by atoms with E-state index in [1.54, 1.807) is 0 Å². The van der Waals surface area contributed by atoms with Crippen LogP contribution in [0.3, 0.4) is 0 Å². The van der Waals surface area contributed by atoms with E-state index in [4.69, 9.17) is 11.6 Å². The van der Waals surface area contributed by atoms with Crippen molar-refractivity contribution in [2.75, 3.05) is 24.5 Å². The van der Waals surface area contributed by atoms with E-state index in [2.05, 4.69) is 65.7 Å². The minimum absolute atomic E-state index is 0.202. The minimum Gasteiger partial charge on any atom is -0.370 e. The van der Waals surface area contributed by atoms with Gasteiger partial charge in [0.2, 0.25) is 0 Å². The summed E-state index contributed by atoms with van der Waals surface area (Å²) in [5.41, 5.74) is 1.38. The third-order valence-electron chi connectivity index (χ3n) is 3.46. The summed E-state index contributed by atoms with van der Waals surface area (Å²) in [6, 6.07) is 6.31. The number of hydrogen-bond acceptors (Lipinski definition) is 2. The van der Waals surface area contributed by atoms with Crippen LogP contribution in [0.2, 0.25) is 5.02 Å². The molecule has 19 heavy (non-hydrogen) atoms. The van der Waals surface area contributed by atoms with Crippen molar-refractivity contribution in [2.24, 2.45) is 5.92 Å². The molecule has 0 amide bonds. The Labute approximate surface area is 135 Å². The van der Waals surface area contributed by atoms with Crippen LogP contribution < -0.4 is 10.2 Å². The molecule has 0 spiro atoms. The SMILES string of the molecule is CC(C)(C)NCC1CCN(c2ccc(I)cc2Cl)C1. The first-order valence-electron chi connectivity index (χ1n) is 6.80. The fraction of sp³-hybridized carbons (Fsp3) is 0.600. The largest absolute Gasteiger partial charge is 0.370 e. The van der Waals surface area contributed by atoms with Crippen molar-refractivity contribution in [3.63, 3.8) is 0 Å². The third kappa shape index (κ3) is 4.50. The fourth-order valence-electron chi connectivity index (χ4n) is 2.41. The number of nitrogens with one attached hydrogen (secondary N) is 1. The second-order valence-corrected chi connectivity index (χ2v) is 7.98. The van der Waals surface area contributed by atoms with Gasteiger partial charge in [0.1, 0.15) is 0 Å². The molecule has 1 fully saturated rings. The van der Waals surface area contributed by atoms with Crippen LogP contribution in [0.15, 0.2) is 18.2 Å². The van der Waals surface area contributed by atoms with Gasteiger partial charge in [0, 0.05) is 28.7 Å². The Balaban J connectivity index is 1.94. The predicted molar refractivity (Wildman–Crippen MR) is 92.2 cm³/mol. The Morgan fingerprint density at radius 3 is 2.79 bits per heavy atom. The molecule has 0 aromatic heterocycles. The average Bonchev–Trinajstić information content (AvgIpc) is 2.74. The van der Waals surface area contributed by atoms with Crippen LogP contribution in [-0.2, 0) is 0 Å². The Morgan fingerprint density at radius 1 is 1.42 bits per heavy atom. The van der Waals surface area contributed by atoms with E-state index < -0.39 is 0 Å². The lowest BCUT2D eigenvalue weighted by molar-refractivity contribution is 0.383. The molecule has 4 heteroatoms. The molecule has 0 saturated carbocycles. The first-order valence-corrected chi connectivity index (χ1v) is 8.26. The van der Waals surface area contributed by atoms with Crippen molar-refractivity contribution in [3.05, 3.63) is 26.8 Å². The second kappa shape index (κ2) is 6.19. The quantitative estimate of drug-likeness (QED) is 0.777. The lowest BCUT2D eigenvalue weighted by Gasteiger charge is -2.24. The van der Waals surface area contributed by atoms with Gasteiger partial charge in [-0.05, 0) is 73.9 Å². The highest BCUT2D eigenvalue weighted by molar-refractivity contribution is 14.1. The molecule has 1 aliphatic heterocycles. The summed E-state index contributed by atoms with van der Waals surface area (Å²) in [4.78, 5) is 2.41. The zero-order chi connectivity index (χ0) is 14.0. The van der Waals surface area contributed by atoms with E-state index in [0.29, 0.717) is 0 Å². The van der Waals surface area contributed by atoms with Crippen LogP contribution in [-0.4, -0.2) is 25.2 Å². The van der Waals surface area contributed by atoms with E-state index in [1.165, 1.54) is 15.7 Å². The van der Waals surface area contributed by atoms with Crippen LogP contribution >= 0.6 is 34.2 Å². The molecule has 0 radical (unpaired) electrons. The smallest absolute Gasteiger partial charge is 0.0650 e. The highest BCUT2D eigenvalue weighted by Crippen LogP contribution is 2.31. The van der Waals surface area contributed by atoms with Gasteiger partial charge in [-0.15, -0.1) is 0 Å². The molecule has 106 valence electrons. The molecule has 2 rings (SSSR count). The first kappa shape index (κ1) is 15.4. The standard InChI is InChI=1S/C15H22ClIN2/c1-15(2,3)18-9-11-6-7-19(10-11)14-5-4-12(17)8-13(14)16/h4-5,8,11,18H,6-7,9-10H2,1-3H3. The minimum atomic E-state index is 0.202. The average molecular weight is 393 g/mol. The molecule has 1 aliphatic rings. The molecule has 0 aliphatic carbocycles. The predicted octanol–water partition coefficient (Wildman–Crippen LogP) is 4.16. The number of rotatable bonds is 3. The Hall–Kier alpha value is -0.0000000000000000555. The summed E-state index contributed by atoms with van der Waals surface area (Å²) in [6.45, 7) is 9.95. The van der Waals surface area contributed by atoms with Crippen molar-refractivity contribution in [1.29, 1.82) is 0 Å². The van der Waals surface area contributed by atoms with E-state index in [-0.39, 0.29) is 5.54 Å². The highest BCUT2D eigenvalue weighted by atomic mass is 127. The fourth-order valence-corrected chi connectivity index (χ4v) is 3.38. The number of halogens is 2. The molecule has 1 saturated heterocycles. The van der Waals surface area contributed by atoms with E-state index >= 15 is 0 Å². The zero-order valence-corrected chi connectivity index (χ0v) is 14.8. The van der Waals surface area contributed by atoms with Gasteiger partial charge in [-0.3, -0.25) is 0 Å². The second-order valence-electron chi connectivity index (χ2n) is 6.33. The van der Waals surface area contributed by atoms with Crippen LogP contribution in [0.1, 0.15) is 27.2 Å². The van der Waals surface area contributed by atoms with Crippen LogP contribution in [0, 0.1) is 9.49 Å². The van der Waals surface area contributed by atoms with Crippen LogP contribution in [0.5, 0.6) is 0 Å². The number of benzene rings is 1. The highest BCUT2D eigenvalue weighted by Gasteiger charge is 2.25. The molecule has 1 N–H and O–H groups in total. The summed E-state index contributed by atoms with van der Waals surface area (Å²) < 4.78 is 1.19. The van der Waals surface area contributed by atoms with E-state index in [1.807, 2.05) is 6.07 Å². The maximum Gasteiger partial charge on any atom is 0.0650 e. The molecule has 0 bridgehead atoms. The van der Waals surface area contributed by atoms with Gasteiger partial charge in [-0.25, -0.2) is 0 Å². The number of nitrogens with zero attached hydrogens (tertiary/aromatic N) is 1. The maximum atomic E-state index is 6.34. The lowest BCUT2D eigenvalue weighted by Crippen LogP contribution is -2.39. The van der Waals surface area contributed by atoms with E-state index in [9.17, 15) is 0 Å². The van der Waals surface area contributed by atoms with Crippen molar-refractivity contribution < 1.29 is 0 Å². The van der Waals surface area contributed by atoms with Gasteiger partial charge in [-0.2, -0.15) is 0 Å². The zero-order valence-electron chi connectivity index (χ0n) is 11.8. The monoisotopic (exact) mass is 392 g/mol. The van der Waals surface area contributed by atoms with Crippen molar-refractivity contribution in [3.8, 4) is 0 Å². The molecular formula is C15H22ClIN2. The topological polar surface area (TPSA) is 15.3 Å². The van der Waals surface area contributed by atoms with E-state index in [0.717, 1.165) is 30.6 Å².